The first kappa shape index (κ1) is 18.5. The molecule has 3 rings (SSSR count). The quantitative estimate of drug-likeness (QED) is 0.650. The van der Waals surface area contributed by atoms with Crippen molar-refractivity contribution in [1.82, 2.24) is 9.97 Å². The van der Waals surface area contributed by atoms with Crippen molar-refractivity contribution in [2.75, 3.05) is 35.2 Å². The van der Waals surface area contributed by atoms with Gasteiger partial charge in [0, 0.05) is 37.2 Å². The monoisotopic (exact) mass is 353 g/mol. The number of benzene rings is 1. The summed E-state index contributed by atoms with van der Waals surface area (Å²) in [5, 5.41) is 6.67. The van der Waals surface area contributed by atoms with Crippen LogP contribution in [0.4, 0.5) is 23.1 Å². The second kappa shape index (κ2) is 9.41. The molecule has 0 spiro atoms. The number of nitrogens with one attached hydrogen (secondary N) is 2. The van der Waals surface area contributed by atoms with Crippen LogP contribution in [0.1, 0.15) is 46.0 Å². The van der Waals surface area contributed by atoms with Crippen molar-refractivity contribution < 1.29 is 0 Å². The summed E-state index contributed by atoms with van der Waals surface area (Å²) in [6.45, 7) is 7.82. The second-order valence-electron chi connectivity index (χ2n) is 7.24. The van der Waals surface area contributed by atoms with Crippen LogP contribution in [-0.2, 0) is 0 Å². The number of unbranched alkanes of at least 4 members (excludes halogenated alkanes) is 2. The zero-order valence-electron chi connectivity index (χ0n) is 16.0. The molecule has 1 aliphatic heterocycles. The molecule has 0 unspecified atom stereocenters. The van der Waals surface area contributed by atoms with Gasteiger partial charge in [-0.05, 0) is 55.5 Å². The maximum atomic E-state index is 4.54. The summed E-state index contributed by atoms with van der Waals surface area (Å²) in [7, 11) is 0. The van der Waals surface area contributed by atoms with Crippen molar-refractivity contribution in [1.29, 1.82) is 0 Å². The van der Waals surface area contributed by atoms with Crippen LogP contribution >= 0.6 is 0 Å². The molecule has 1 aliphatic rings. The normalized spacial score (nSPS) is 15.1. The Hall–Kier alpha value is -2.30. The van der Waals surface area contributed by atoms with E-state index in [1.807, 2.05) is 6.07 Å². The Morgan fingerprint density at radius 2 is 1.85 bits per heavy atom. The number of nitrogens with zero attached hydrogens (tertiary/aromatic N) is 3. The summed E-state index contributed by atoms with van der Waals surface area (Å²) < 4.78 is 0. The average Bonchev–Trinajstić information content (AvgIpc) is 2.67. The number of anilines is 4. The summed E-state index contributed by atoms with van der Waals surface area (Å²) >= 11 is 0. The van der Waals surface area contributed by atoms with Crippen LogP contribution in [0.2, 0.25) is 0 Å². The fourth-order valence-corrected chi connectivity index (χ4v) is 3.26. The molecule has 140 valence electrons. The molecular weight excluding hydrogens is 322 g/mol. The standard InChI is InChI=1S/C21H31N5/c1-3-4-5-13-22-20-10-14-23-21(25-20)24-18-6-8-19(9-7-18)26-15-11-17(2)12-16-26/h6-10,14,17H,3-5,11-13,15-16H2,1-2H3,(H2,22,23,24,25). The molecule has 0 bridgehead atoms. The molecule has 2 heterocycles. The van der Waals surface area contributed by atoms with Crippen LogP contribution < -0.4 is 15.5 Å². The zero-order chi connectivity index (χ0) is 18.2. The molecule has 0 aliphatic carbocycles. The first-order valence-corrected chi connectivity index (χ1v) is 9.93. The number of aromatic nitrogens is 2. The van der Waals surface area contributed by atoms with Gasteiger partial charge in [0.15, 0.2) is 0 Å². The first-order valence-electron chi connectivity index (χ1n) is 9.93. The molecule has 0 saturated carbocycles. The van der Waals surface area contributed by atoms with Gasteiger partial charge in [0.2, 0.25) is 5.95 Å². The van der Waals surface area contributed by atoms with Crippen molar-refractivity contribution in [3.63, 3.8) is 0 Å². The molecule has 1 aromatic heterocycles. The van der Waals surface area contributed by atoms with E-state index >= 15 is 0 Å². The topological polar surface area (TPSA) is 53.1 Å². The largest absolute Gasteiger partial charge is 0.372 e. The molecule has 2 aromatic rings. The SMILES string of the molecule is CCCCCNc1ccnc(Nc2ccc(N3CCC(C)CC3)cc2)n1. The molecule has 5 nitrogen and oxygen atoms in total. The summed E-state index contributed by atoms with van der Waals surface area (Å²) in [6, 6.07) is 10.5. The van der Waals surface area contributed by atoms with Gasteiger partial charge in [0.05, 0.1) is 0 Å². The van der Waals surface area contributed by atoms with Crippen LogP contribution in [0.3, 0.4) is 0 Å². The zero-order valence-corrected chi connectivity index (χ0v) is 16.0. The van der Waals surface area contributed by atoms with E-state index in [0.29, 0.717) is 5.95 Å². The lowest BCUT2D eigenvalue weighted by molar-refractivity contribution is 0.438. The van der Waals surface area contributed by atoms with E-state index in [1.54, 1.807) is 6.20 Å². The molecular formula is C21H31N5. The third-order valence-corrected chi connectivity index (χ3v) is 5.01. The number of hydrogen-bond donors (Lipinski definition) is 2. The van der Waals surface area contributed by atoms with Crippen LogP contribution in [0, 0.1) is 5.92 Å². The highest BCUT2D eigenvalue weighted by molar-refractivity contribution is 5.60. The highest BCUT2D eigenvalue weighted by Gasteiger charge is 2.15. The lowest BCUT2D eigenvalue weighted by Crippen LogP contribution is -2.32. The maximum absolute atomic E-state index is 4.54. The van der Waals surface area contributed by atoms with E-state index in [-0.39, 0.29) is 0 Å². The van der Waals surface area contributed by atoms with E-state index < -0.39 is 0 Å². The van der Waals surface area contributed by atoms with Gasteiger partial charge in [0.25, 0.3) is 0 Å². The molecule has 1 saturated heterocycles. The highest BCUT2D eigenvalue weighted by atomic mass is 15.1. The molecule has 26 heavy (non-hydrogen) atoms. The molecule has 1 fully saturated rings. The average molecular weight is 354 g/mol. The molecule has 2 N–H and O–H groups in total. The Balaban J connectivity index is 1.55. The Morgan fingerprint density at radius 1 is 1.08 bits per heavy atom. The number of rotatable bonds is 8. The fourth-order valence-electron chi connectivity index (χ4n) is 3.26. The predicted octanol–water partition coefficient (Wildman–Crippen LogP) is 5.06. The minimum absolute atomic E-state index is 0.630. The number of hydrogen-bond acceptors (Lipinski definition) is 5. The van der Waals surface area contributed by atoms with E-state index in [4.69, 9.17) is 0 Å². The highest BCUT2D eigenvalue weighted by Crippen LogP contribution is 2.25. The van der Waals surface area contributed by atoms with Gasteiger partial charge in [-0.25, -0.2) is 4.98 Å². The van der Waals surface area contributed by atoms with Gasteiger partial charge in [-0.2, -0.15) is 4.98 Å². The third-order valence-electron chi connectivity index (χ3n) is 5.01. The minimum Gasteiger partial charge on any atom is -0.372 e. The second-order valence-corrected chi connectivity index (χ2v) is 7.24. The lowest BCUT2D eigenvalue weighted by atomic mass is 9.99. The summed E-state index contributed by atoms with van der Waals surface area (Å²) in [6.07, 6.45) is 7.99. The van der Waals surface area contributed by atoms with Crippen molar-refractivity contribution in [3.8, 4) is 0 Å². The van der Waals surface area contributed by atoms with E-state index in [0.717, 1.165) is 37.1 Å². The molecule has 5 heteroatoms. The van der Waals surface area contributed by atoms with Gasteiger partial charge >= 0.3 is 0 Å². The van der Waals surface area contributed by atoms with Crippen molar-refractivity contribution in [2.24, 2.45) is 5.92 Å². The Morgan fingerprint density at radius 3 is 2.58 bits per heavy atom. The van der Waals surface area contributed by atoms with Crippen LogP contribution in [0.15, 0.2) is 36.5 Å². The Bertz CT molecular complexity index is 662. The van der Waals surface area contributed by atoms with Gasteiger partial charge < -0.3 is 15.5 Å². The number of piperidine rings is 1. The van der Waals surface area contributed by atoms with E-state index in [1.165, 1.54) is 37.8 Å². The fraction of sp³-hybridized carbons (Fsp3) is 0.524. The summed E-state index contributed by atoms with van der Waals surface area (Å²) in [4.78, 5) is 11.3. The third kappa shape index (κ3) is 5.35. The molecule has 0 atom stereocenters. The van der Waals surface area contributed by atoms with Crippen LogP contribution in [-0.4, -0.2) is 29.6 Å². The van der Waals surface area contributed by atoms with E-state index in [9.17, 15) is 0 Å². The smallest absolute Gasteiger partial charge is 0.229 e. The molecule has 1 aromatic carbocycles. The summed E-state index contributed by atoms with van der Waals surface area (Å²) in [5.74, 6) is 2.36. The van der Waals surface area contributed by atoms with Crippen molar-refractivity contribution >= 4 is 23.1 Å². The summed E-state index contributed by atoms with van der Waals surface area (Å²) in [5.41, 5.74) is 2.32. The van der Waals surface area contributed by atoms with Gasteiger partial charge in [-0.1, -0.05) is 26.7 Å². The van der Waals surface area contributed by atoms with Gasteiger partial charge in [-0.15, -0.1) is 0 Å². The maximum Gasteiger partial charge on any atom is 0.229 e. The Kier molecular flexibility index (Phi) is 6.69. The van der Waals surface area contributed by atoms with E-state index in [2.05, 4.69) is 63.6 Å². The molecule has 0 radical (unpaired) electrons. The predicted molar refractivity (Wildman–Crippen MR) is 110 cm³/mol. The minimum atomic E-state index is 0.630. The van der Waals surface area contributed by atoms with Crippen LogP contribution in [0.5, 0.6) is 0 Å². The van der Waals surface area contributed by atoms with Gasteiger partial charge in [-0.3, -0.25) is 0 Å². The Labute approximate surface area is 157 Å². The first-order chi connectivity index (χ1) is 12.7. The van der Waals surface area contributed by atoms with Gasteiger partial charge in [0.1, 0.15) is 5.82 Å². The van der Waals surface area contributed by atoms with Crippen molar-refractivity contribution in [3.05, 3.63) is 36.5 Å². The van der Waals surface area contributed by atoms with Crippen molar-refractivity contribution in [2.45, 2.75) is 46.0 Å². The lowest BCUT2D eigenvalue weighted by Gasteiger charge is -2.32. The van der Waals surface area contributed by atoms with Crippen LogP contribution in [0.25, 0.3) is 0 Å². The molecule has 0 amide bonds.